The van der Waals surface area contributed by atoms with Crippen molar-refractivity contribution in [3.63, 3.8) is 0 Å². The van der Waals surface area contributed by atoms with Gasteiger partial charge in [0.05, 0.1) is 47.6 Å². The molecular formula is C23H19N9. The molecule has 0 unspecified atom stereocenters. The molecule has 1 aliphatic carbocycles. The van der Waals surface area contributed by atoms with E-state index in [9.17, 15) is 5.26 Å². The van der Waals surface area contributed by atoms with Crippen molar-refractivity contribution in [2.24, 2.45) is 5.92 Å². The summed E-state index contributed by atoms with van der Waals surface area (Å²) in [5.41, 5.74) is 2.98. The summed E-state index contributed by atoms with van der Waals surface area (Å²) in [4.78, 5) is 8.94. The first kappa shape index (κ1) is 19.5. The molecule has 0 saturated heterocycles. The lowest BCUT2D eigenvalue weighted by Gasteiger charge is -2.43. The van der Waals surface area contributed by atoms with Crippen LogP contribution in [0.4, 0.5) is 11.6 Å². The van der Waals surface area contributed by atoms with E-state index in [1.165, 1.54) is 0 Å². The van der Waals surface area contributed by atoms with Crippen molar-refractivity contribution in [1.82, 2.24) is 29.5 Å². The molecule has 32 heavy (non-hydrogen) atoms. The van der Waals surface area contributed by atoms with Gasteiger partial charge >= 0.3 is 0 Å². The zero-order valence-corrected chi connectivity index (χ0v) is 17.1. The molecule has 1 aromatic carbocycles. The molecular weight excluding hydrogens is 402 g/mol. The monoisotopic (exact) mass is 421 g/mol. The fourth-order valence-corrected chi connectivity index (χ4v) is 4.05. The lowest BCUT2D eigenvalue weighted by molar-refractivity contribution is 0.0882. The number of nitrogens with one attached hydrogen (secondary N) is 1. The van der Waals surface area contributed by atoms with E-state index < -0.39 is 5.54 Å². The molecule has 0 aliphatic heterocycles. The smallest absolute Gasteiger partial charge is 0.227 e. The number of benzene rings is 1. The summed E-state index contributed by atoms with van der Waals surface area (Å²) in [6, 6.07) is 16.0. The summed E-state index contributed by atoms with van der Waals surface area (Å²) in [6.45, 7) is 0. The number of nitriles is 2. The number of nitrogens with zero attached hydrogens (tertiary/aromatic N) is 8. The summed E-state index contributed by atoms with van der Waals surface area (Å²) in [5.74, 6) is 0.451. The fraction of sp³-hybridized carbons (Fsp3) is 0.217. The maximum atomic E-state index is 9.25. The Labute approximate surface area is 184 Å². The molecule has 5 rings (SSSR count). The van der Waals surface area contributed by atoms with Crippen LogP contribution in [-0.4, -0.2) is 29.5 Å². The third-order valence-corrected chi connectivity index (χ3v) is 5.76. The van der Waals surface area contributed by atoms with Gasteiger partial charge in [0.25, 0.3) is 0 Å². The number of aromatic nitrogens is 6. The molecule has 9 heteroatoms. The summed E-state index contributed by atoms with van der Waals surface area (Å²) in [6.07, 6.45) is 10.6. The molecule has 0 atom stereocenters. The van der Waals surface area contributed by atoms with E-state index in [0.717, 1.165) is 22.6 Å². The van der Waals surface area contributed by atoms with Gasteiger partial charge in [-0.25, -0.2) is 14.6 Å². The standard InChI is InChI=1S/C23H19N9/c24-8-7-23(12-17(13-23)14-25)32-16-18(15-28-32)21-6-10-26-22(30-21)29-19-2-4-20(5-3-19)31-11-1-9-27-31/h1-6,9-11,15-17H,7,12-13H2,(H,26,29,30). The first-order valence-electron chi connectivity index (χ1n) is 10.2. The van der Waals surface area contributed by atoms with E-state index in [1.54, 1.807) is 23.3 Å². The first-order valence-corrected chi connectivity index (χ1v) is 10.2. The van der Waals surface area contributed by atoms with Crippen molar-refractivity contribution < 1.29 is 0 Å². The second kappa shape index (κ2) is 7.97. The third-order valence-electron chi connectivity index (χ3n) is 5.76. The van der Waals surface area contributed by atoms with E-state index in [2.05, 4.69) is 37.6 Å². The molecule has 1 N–H and O–H groups in total. The second-order valence-electron chi connectivity index (χ2n) is 7.86. The Morgan fingerprint density at radius 2 is 1.94 bits per heavy atom. The Hall–Kier alpha value is -4.50. The van der Waals surface area contributed by atoms with Gasteiger partial charge in [-0.1, -0.05) is 0 Å². The highest BCUT2D eigenvalue weighted by Gasteiger charge is 2.46. The third kappa shape index (κ3) is 3.57. The van der Waals surface area contributed by atoms with Crippen LogP contribution in [0.25, 0.3) is 16.9 Å². The maximum absolute atomic E-state index is 9.25. The molecule has 0 radical (unpaired) electrons. The van der Waals surface area contributed by atoms with Gasteiger partial charge in [-0.15, -0.1) is 0 Å². The van der Waals surface area contributed by atoms with E-state index >= 15 is 0 Å². The van der Waals surface area contributed by atoms with Crippen molar-refractivity contribution in [1.29, 1.82) is 10.5 Å². The SMILES string of the molecule is N#CCC1(n2cc(-c3ccnc(Nc4ccc(-n5cccn5)cc4)n3)cn2)CC(C#N)C1. The Morgan fingerprint density at radius 1 is 1.09 bits per heavy atom. The van der Waals surface area contributed by atoms with Crippen LogP contribution in [0.2, 0.25) is 0 Å². The van der Waals surface area contributed by atoms with Crippen LogP contribution >= 0.6 is 0 Å². The zero-order chi connectivity index (χ0) is 22.0. The second-order valence-corrected chi connectivity index (χ2v) is 7.86. The lowest BCUT2D eigenvalue weighted by Crippen LogP contribution is -2.46. The van der Waals surface area contributed by atoms with E-state index in [0.29, 0.717) is 25.2 Å². The average molecular weight is 421 g/mol. The predicted octanol–water partition coefficient (Wildman–Crippen LogP) is 3.81. The topological polar surface area (TPSA) is 121 Å². The van der Waals surface area contributed by atoms with Gasteiger partial charge in [-0.05, 0) is 49.2 Å². The van der Waals surface area contributed by atoms with Crippen LogP contribution in [0.3, 0.4) is 0 Å². The molecule has 0 amide bonds. The highest BCUT2D eigenvalue weighted by Crippen LogP contribution is 2.46. The maximum Gasteiger partial charge on any atom is 0.227 e. The van der Waals surface area contributed by atoms with Gasteiger partial charge in [0.2, 0.25) is 5.95 Å². The Bertz CT molecular complexity index is 1300. The van der Waals surface area contributed by atoms with Crippen molar-refractivity contribution in [2.45, 2.75) is 24.8 Å². The van der Waals surface area contributed by atoms with E-state index in [-0.39, 0.29) is 5.92 Å². The summed E-state index contributed by atoms with van der Waals surface area (Å²) >= 11 is 0. The van der Waals surface area contributed by atoms with Crippen LogP contribution in [-0.2, 0) is 5.54 Å². The minimum absolute atomic E-state index is 0.0227. The number of hydrogen-bond acceptors (Lipinski definition) is 7. The molecule has 1 fully saturated rings. The number of anilines is 2. The van der Waals surface area contributed by atoms with Gasteiger partial charge < -0.3 is 5.32 Å². The van der Waals surface area contributed by atoms with E-state index in [4.69, 9.17) is 5.26 Å². The zero-order valence-electron chi connectivity index (χ0n) is 17.1. The van der Waals surface area contributed by atoms with Gasteiger partial charge in [-0.2, -0.15) is 20.7 Å². The molecule has 1 aliphatic rings. The van der Waals surface area contributed by atoms with E-state index in [1.807, 2.05) is 53.5 Å². The number of hydrogen-bond donors (Lipinski definition) is 1. The summed E-state index contributed by atoms with van der Waals surface area (Å²) in [5, 5.41) is 30.3. The van der Waals surface area contributed by atoms with Gasteiger partial charge in [0.15, 0.2) is 0 Å². The minimum atomic E-state index is -0.405. The molecule has 3 aromatic heterocycles. The Kier molecular flexibility index (Phi) is 4.85. The molecule has 156 valence electrons. The Morgan fingerprint density at radius 3 is 2.66 bits per heavy atom. The molecule has 0 spiro atoms. The van der Waals surface area contributed by atoms with Crippen molar-refractivity contribution in [3.8, 4) is 29.1 Å². The van der Waals surface area contributed by atoms with Crippen molar-refractivity contribution >= 4 is 11.6 Å². The predicted molar refractivity (Wildman–Crippen MR) is 117 cm³/mol. The minimum Gasteiger partial charge on any atom is -0.324 e. The average Bonchev–Trinajstić information content (AvgIpc) is 3.49. The van der Waals surface area contributed by atoms with Crippen LogP contribution in [0.1, 0.15) is 19.3 Å². The Balaban J connectivity index is 1.34. The summed E-state index contributed by atoms with van der Waals surface area (Å²) in [7, 11) is 0. The van der Waals surface area contributed by atoms with Gasteiger partial charge in [0.1, 0.15) is 0 Å². The number of rotatable bonds is 6. The van der Waals surface area contributed by atoms with Crippen LogP contribution in [0.15, 0.2) is 67.4 Å². The molecule has 4 aromatic rings. The highest BCUT2D eigenvalue weighted by atomic mass is 15.3. The van der Waals surface area contributed by atoms with Crippen LogP contribution < -0.4 is 5.32 Å². The summed E-state index contributed by atoms with van der Waals surface area (Å²) < 4.78 is 3.61. The van der Waals surface area contributed by atoms with Gasteiger partial charge in [0, 0.05) is 36.0 Å². The quantitative estimate of drug-likeness (QED) is 0.502. The van der Waals surface area contributed by atoms with Crippen molar-refractivity contribution in [2.75, 3.05) is 5.32 Å². The molecule has 9 nitrogen and oxygen atoms in total. The van der Waals surface area contributed by atoms with Crippen LogP contribution in [0, 0.1) is 28.6 Å². The molecule has 3 heterocycles. The normalized spacial score (nSPS) is 19.5. The molecule has 0 bridgehead atoms. The first-order chi connectivity index (χ1) is 15.7. The van der Waals surface area contributed by atoms with Crippen LogP contribution in [0.5, 0.6) is 0 Å². The van der Waals surface area contributed by atoms with Crippen molar-refractivity contribution in [3.05, 3.63) is 67.4 Å². The van der Waals surface area contributed by atoms with Gasteiger partial charge in [-0.3, -0.25) is 4.68 Å². The highest BCUT2D eigenvalue weighted by molar-refractivity contribution is 5.61. The fourth-order valence-electron chi connectivity index (χ4n) is 4.05. The largest absolute Gasteiger partial charge is 0.324 e. The molecule has 1 saturated carbocycles. The lowest BCUT2D eigenvalue weighted by atomic mass is 9.67.